The van der Waals surface area contributed by atoms with Gasteiger partial charge in [0.25, 0.3) is 0 Å². The van der Waals surface area contributed by atoms with Gasteiger partial charge in [-0.15, -0.1) is 0 Å². The van der Waals surface area contributed by atoms with Gasteiger partial charge in [-0.3, -0.25) is 9.59 Å². The number of carbonyl (C=O) groups excluding carboxylic acids is 2. The third-order valence-corrected chi connectivity index (χ3v) is 3.82. The fourth-order valence-corrected chi connectivity index (χ4v) is 2.74. The van der Waals surface area contributed by atoms with Crippen molar-refractivity contribution in [3.8, 4) is 0 Å². The Morgan fingerprint density at radius 2 is 1.96 bits per heavy atom. The zero-order chi connectivity index (χ0) is 18.6. The number of halogens is 1. The highest BCUT2D eigenvalue weighted by Crippen LogP contribution is 2.26. The van der Waals surface area contributed by atoms with Crippen LogP contribution in [0.1, 0.15) is 20.8 Å². The van der Waals surface area contributed by atoms with Gasteiger partial charge in [0, 0.05) is 24.8 Å². The first-order valence-corrected chi connectivity index (χ1v) is 8.22. The van der Waals surface area contributed by atoms with Gasteiger partial charge in [-0.1, -0.05) is 0 Å². The number of rotatable bonds is 4. The van der Waals surface area contributed by atoms with Crippen molar-refractivity contribution in [2.45, 2.75) is 39.0 Å². The van der Waals surface area contributed by atoms with Crippen molar-refractivity contribution in [3.63, 3.8) is 0 Å². The topological polar surface area (TPSA) is 90.9 Å². The molecular weight excluding hydrogens is 329 g/mol. The summed E-state index contributed by atoms with van der Waals surface area (Å²) in [5.74, 6) is -2.29. The van der Waals surface area contributed by atoms with E-state index in [1.165, 1.54) is 6.07 Å². The molecular formula is C17H24FN3O4. The molecule has 0 unspecified atom stereocenters. The zero-order valence-corrected chi connectivity index (χ0v) is 14.6. The molecule has 1 aliphatic rings. The second-order valence-corrected chi connectivity index (χ2v) is 6.34. The van der Waals surface area contributed by atoms with Gasteiger partial charge in [-0.25, -0.2) is 4.39 Å². The van der Waals surface area contributed by atoms with Crippen molar-refractivity contribution >= 4 is 23.2 Å². The van der Waals surface area contributed by atoms with E-state index in [-0.39, 0.29) is 24.5 Å². The highest BCUT2D eigenvalue weighted by Gasteiger charge is 2.24. The molecule has 1 saturated heterocycles. The highest BCUT2D eigenvalue weighted by atomic mass is 19.1. The normalized spacial score (nSPS) is 21.6. The Kier molecular flexibility index (Phi) is 6.33. The van der Waals surface area contributed by atoms with Crippen molar-refractivity contribution < 1.29 is 23.8 Å². The summed E-state index contributed by atoms with van der Waals surface area (Å²) in [6, 6.07) is 3.76. The lowest BCUT2D eigenvalue weighted by Gasteiger charge is -2.37. The maximum Gasteiger partial charge on any atom is 0.313 e. The maximum atomic E-state index is 14.4. The lowest BCUT2D eigenvalue weighted by Crippen LogP contribution is -2.45. The van der Waals surface area contributed by atoms with Crippen LogP contribution in [-0.2, 0) is 14.3 Å². The van der Waals surface area contributed by atoms with Gasteiger partial charge in [-0.2, -0.15) is 0 Å². The van der Waals surface area contributed by atoms with Crippen molar-refractivity contribution in [3.05, 3.63) is 24.0 Å². The average Bonchev–Trinajstić information content (AvgIpc) is 2.53. The number of hydrogen-bond acceptors (Lipinski definition) is 5. The molecule has 0 saturated carbocycles. The second kappa shape index (κ2) is 8.26. The fourth-order valence-electron chi connectivity index (χ4n) is 2.74. The first kappa shape index (κ1) is 19.1. The Morgan fingerprint density at radius 1 is 1.32 bits per heavy atom. The largest absolute Gasteiger partial charge is 0.394 e. The maximum absolute atomic E-state index is 14.4. The molecule has 138 valence electrons. The zero-order valence-electron chi connectivity index (χ0n) is 14.6. The van der Waals surface area contributed by atoms with Crippen molar-refractivity contribution in [1.82, 2.24) is 5.32 Å². The quantitative estimate of drug-likeness (QED) is 0.699. The van der Waals surface area contributed by atoms with E-state index in [9.17, 15) is 14.0 Å². The number of anilines is 2. The van der Waals surface area contributed by atoms with Crippen molar-refractivity contribution in [2.24, 2.45) is 0 Å². The van der Waals surface area contributed by atoms with Crippen LogP contribution in [0, 0.1) is 5.82 Å². The summed E-state index contributed by atoms with van der Waals surface area (Å²) >= 11 is 0. The smallest absolute Gasteiger partial charge is 0.313 e. The lowest BCUT2D eigenvalue weighted by molar-refractivity contribution is -0.136. The number of nitrogens with one attached hydrogen (secondary N) is 2. The Morgan fingerprint density at radius 3 is 2.52 bits per heavy atom. The minimum Gasteiger partial charge on any atom is -0.394 e. The van der Waals surface area contributed by atoms with E-state index < -0.39 is 23.7 Å². The van der Waals surface area contributed by atoms with Crippen LogP contribution < -0.4 is 15.5 Å². The SMILES string of the molecule is C[C@H](CO)NC(=O)C(=O)Nc1ccc(N2C[C@@H](C)O[C@@H](C)C2)c(F)c1. The number of ether oxygens (including phenoxy) is 1. The fraction of sp³-hybridized carbons (Fsp3) is 0.529. The van der Waals surface area contributed by atoms with Crippen LogP contribution >= 0.6 is 0 Å². The Labute approximate surface area is 146 Å². The second-order valence-electron chi connectivity index (χ2n) is 6.34. The van der Waals surface area contributed by atoms with E-state index in [1.54, 1.807) is 19.1 Å². The number of nitrogens with zero attached hydrogens (tertiary/aromatic N) is 1. The summed E-state index contributed by atoms with van der Waals surface area (Å²) in [7, 11) is 0. The molecule has 7 nitrogen and oxygen atoms in total. The number of aliphatic hydroxyl groups excluding tert-OH is 1. The van der Waals surface area contributed by atoms with Crippen LogP contribution in [0.15, 0.2) is 18.2 Å². The van der Waals surface area contributed by atoms with Crippen LogP contribution in [0.25, 0.3) is 0 Å². The summed E-state index contributed by atoms with van der Waals surface area (Å²) in [5, 5.41) is 13.5. The van der Waals surface area contributed by atoms with Crippen LogP contribution in [0.3, 0.4) is 0 Å². The third kappa shape index (κ3) is 5.14. The molecule has 1 heterocycles. The Balaban J connectivity index is 2.04. The van der Waals surface area contributed by atoms with E-state index in [2.05, 4.69) is 10.6 Å². The van der Waals surface area contributed by atoms with Gasteiger partial charge in [-0.05, 0) is 39.0 Å². The van der Waals surface area contributed by atoms with E-state index >= 15 is 0 Å². The number of benzene rings is 1. The molecule has 1 aliphatic heterocycles. The molecule has 1 aromatic rings. The Bertz CT molecular complexity index is 630. The summed E-state index contributed by atoms with van der Waals surface area (Å²) in [4.78, 5) is 25.3. The molecule has 0 radical (unpaired) electrons. The van der Waals surface area contributed by atoms with Gasteiger partial charge in [0.05, 0.1) is 24.5 Å². The molecule has 3 atom stereocenters. The standard InChI is InChI=1S/C17H24FN3O4/c1-10(9-22)19-16(23)17(24)20-13-4-5-15(14(18)6-13)21-7-11(2)25-12(3)8-21/h4-6,10-12,22H,7-9H2,1-3H3,(H,19,23)(H,20,24)/t10-,11-,12+/m1/s1. The number of carbonyl (C=O) groups is 2. The molecule has 3 N–H and O–H groups in total. The average molecular weight is 353 g/mol. The van der Waals surface area contributed by atoms with Crippen LogP contribution in [-0.4, -0.2) is 54.9 Å². The summed E-state index contributed by atoms with van der Waals surface area (Å²) in [5.41, 5.74) is 0.616. The molecule has 1 aromatic carbocycles. The molecule has 8 heteroatoms. The molecule has 0 spiro atoms. The van der Waals surface area contributed by atoms with Gasteiger partial charge >= 0.3 is 11.8 Å². The molecule has 0 bridgehead atoms. The minimum absolute atomic E-state index is 0.000241. The Hall–Kier alpha value is -2.19. The molecule has 2 amide bonds. The number of morpholine rings is 1. The van der Waals surface area contributed by atoms with Crippen LogP contribution in [0.4, 0.5) is 15.8 Å². The summed E-state index contributed by atoms with van der Waals surface area (Å²) in [6.07, 6.45) is -0.000482. The minimum atomic E-state index is -0.916. The first-order chi connectivity index (χ1) is 11.8. The van der Waals surface area contributed by atoms with Crippen LogP contribution in [0.2, 0.25) is 0 Å². The van der Waals surface area contributed by atoms with Gasteiger partial charge in [0.15, 0.2) is 0 Å². The molecule has 0 aromatic heterocycles. The first-order valence-electron chi connectivity index (χ1n) is 8.22. The lowest BCUT2D eigenvalue weighted by atomic mass is 10.2. The van der Waals surface area contributed by atoms with Gasteiger partial charge in [0.1, 0.15) is 5.82 Å². The monoisotopic (exact) mass is 353 g/mol. The molecule has 0 aliphatic carbocycles. The molecule has 2 rings (SSSR count). The number of amides is 2. The van der Waals surface area contributed by atoms with E-state index in [0.717, 1.165) is 0 Å². The predicted octanol–water partition coefficient (Wildman–Crippen LogP) is 0.875. The summed E-state index contributed by atoms with van der Waals surface area (Å²) in [6.45, 7) is 6.30. The van der Waals surface area contributed by atoms with Gasteiger partial charge < -0.3 is 25.4 Å². The molecule has 25 heavy (non-hydrogen) atoms. The van der Waals surface area contributed by atoms with E-state index in [1.807, 2.05) is 18.7 Å². The van der Waals surface area contributed by atoms with Gasteiger partial charge in [0.2, 0.25) is 0 Å². The highest BCUT2D eigenvalue weighted by molar-refractivity contribution is 6.39. The summed E-state index contributed by atoms with van der Waals surface area (Å²) < 4.78 is 20.1. The number of hydrogen-bond donors (Lipinski definition) is 3. The van der Waals surface area contributed by atoms with Crippen LogP contribution in [0.5, 0.6) is 0 Å². The van der Waals surface area contributed by atoms with Crippen molar-refractivity contribution in [1.29, 1.82) is 0 Å². The van der Waals surface area contributed by atoms with E-state index in [0.29, 0.717) is 18.8 Å². The molecule has 1 fully saturated rings. The van der Waals surface area contributed by atoms with E-state index in [4.69, 9.17) is 9.84 Å². The number of aliphatic hydroxyl groups is 1. The third-order valence-electron chi connectivity index (χ3n) is 3.82. The van der Waals surface area contributed by atoms with Crippen molar-refractivity contribution in [2.75, 3.05) is 29.9 Å². The predicted molar refractivity (Wildman–Crippen MR) is 91.9 cm³/mol.